The van der Waals surface area contributed by atoms with Crippen LogP contribution in [0.4, 0.5) is 0 Å². The van der Waals surface area contributed by atoms with Gasteiger partial charge in [-0.25, -0.2) is 0 Å². The highest BCUT2D eigenvalue weighted by Crippen LogP contribution is 2.13. The second-order valence-electron chi connectivity index (χ2n) is 4.73. The molecule has 1 aromatic heterocycles. The molecule has 0 amide bonds. The van der Waals surface area contributed by atoms with Gasteiger partial charge in [-0.3, -0.25) is 19.0 Å². The van der Waals surface area contributed by atoms with Crippen molar-refractivity contribution in [2.45, 2.75) is 26.5 Å². The molecule has 0 aliphatic carbocycles. The standard InChI is InChI=1S/C15H14BrNO4S/c1-9-8-22-15(20)17(9)7-13(18)21-10(2)14(19)11-3-5-12(16)6-4-11/h3-6,8,10H,7H2,1-2H3/t10-/m1/s1. The number of Topliss-reactive ketones (excluding diaryl/α,β-unsaturated/α-hetero) is 1. The summed E-state index contributed by atoms with van der Waals surface area (Å²) in [6.07, 6.45) is -0.900. The summed E-state index contributed by atoms with van der Waals surface area (Å²) in [5.41, 5.74) is 1.16. The third kappa shape index (κ3) is 3.92. The first kappa shape index (κ1) is 16.6. The summed E-state index contributed by atoms with van der Waals surface area (Å²) >= 11 is 4.32. The number of aryl methyl sites for hydroxylation is 1. The number of carbonyl (C=O) groups is 2. The molecule has 0 fully saturated rings. The number of hydrogen-bond donors (Lipinski definition) is 0. The van der Waals surface area contributed by atoms with Crippen molar-refractivity contribution in [3.8, 4) is 0 Å². The fraction of sp³-hybridized carbons (Fsp3) is 0.267. The number of hydrogen-bond acceptors (Lipinski definition) is 5. The Bertz CT molecular complexity index is 748. The molecule has 2 rings (SSSR count). The fourth-order valence-electron chi connectivity index (χ4n) is 1.86. The maximum absolute atomic E-state index is 12.2. The molecule has 1 aromatic carbocycles. The Morgan fingerprint density at radius 2 is 1.95 bits per heavy atom. The van der Waals surface area contributed by atoms with Crippen molar-refractivity contribution in [3.05, 3.63) is 55.0 Å². The molecule has 0 saturated heterocycles. The van der Waals surface area contributed by atoms with Gasteiger partial charge in [0.2, 0.25) is 5.78 Å². The molecule has 0 N–H and O–H groups in total. The molecule has 2 aromatic rings. The van der Waals surface area contributed by atoms with Crippen molar-refractivity contribution in [3.63, 3.8) is 0 Å². The van der Waals surface area contributed by atoms with Crippen molar-refractivity contribution in [2.24, 2.45) is 0 Å². The number of nitrogens with zero attached hydrogens (tertiary/aromatic N) is 1. The van der Waals surface area contributed by atoms with Gasteiger partial charge in [-0.05, 0) is 26.0 Å². The van der Waals surface area contributed by atoms with Gasteiger partial charge in [-0.1, -0.05) is 39.4 Å². The van der Waals surface area contributed by atoms with E-state index in [1.54, 1.807) is 36.6 Å². The zero-order valence-electron chi connectivity index (χ0n) is 12.0. The molecule has 0 aliphatic heterocycles. The Hall–Kier alpha value is -1.73. The van der Waals surface area contributed by atoms with E-state index in [-0.39, 0.29) is 17.2 Å². The van der Waals surface area contributed by atoms with Gasteiger partial charge in [-0.2, -0.15) is 0 Å². The summed E-state index contributed by atoms with van der Waals surface area (Å²) in [4.78, 5) is 35.4. The van der Waals surface area contributed by atoms with E-state index < -0.39 is 12.1 Å². The summed E-state index contributed by atoms with van der Waals surface area (Å²) < 4.78 is 7.31. The van der Waals surface area contributed by atoms with Gasteiger partial charge in [0, 0.05) is 21.1 Å². The van der Waals surface area contributed by atoms with Crippen LogP contribution in [0.3, 0.4) is 0 Å². The normalized spacial score (nSPS) is 12.0. The van der Waals surface area contributed by atoms with Crippen molar-refractivity contribution in [1.82, 2.24) is 4.57 Å². The van der Waals surface area contributed by atoms with E-state index in [1.165, 1.54) is 11.5 Å². The van der Waals surface area contributed by atoms with E-state index in [0.29, 0.717) is 11.3 Å². The maximum atomic E-state index is 12.2. The Balaban J connectivity index is 2.00. The molecule has 1 atom stereocenters. The van der Waals surface area contributed by atoms with Gasteiger partial charge in [0.1, 0.15) is 6.54 Å². The highest BCUT2D eigenvalue weighted by Gasteiger charge is 2.20. The van der Waals surface area contributed by atoms with Gasteiger partial charge >= 0.3 is 10.8 Å². The third-order valence-electron chi connectivity index (χ3n) is 3.07. The molecule has 0 bridgehead atoms. The molecule has 0 unspecified atom stereocenters. The number of rotatable bonds is 5. The van der Waals surface area contributed by atoms with Gasteiger partial charge in [-0.15, -0.1) is 0 Å². The van der Waals surface area contributed by atoms with Crippen molar-refractivity contribution < 1.29 is 14.3 Å². The van der Waals surface area contributed by atoms with Crippen LogP contribution < -0.4 is 4.87 Å². The molecule has 1 heterocycles. The second kappa shape index (κ2) is 7.02. The van der Waals surface area contributed by atoms with Gasteiger partial charge < -0.3 is 4.74 Å². The van der Waals surface area contributed by atoms with Crippen LogP contribution in [0.5, 0.6) is 0 Å². The quantitative estimate of drug-likeness (QED) is 0.588. The Morgan fingerprint density at radius 3 is 2.50 bits per heavy atom. The lowest BCUT2D eigenvalue weighted by atomic mass is 10.1. The molecular formula is C15H14BrNO4S. The predicted molar refractivity (Wildman–Crippen MR) is 87.3 cm³/mol. The Kier molecular flexibility index (Phi) is 5.31. The van der Waals surface area contributed by atoms with Crippen LogP contribution in [0.25, 0.3) is 0 Å². The zero-order chi connectivity index (χ0) is 16.3. The number of aromatic nitrogens is 1. The molecule has 7 heteroatoms. The molecule has 0 aliphatic rings. The number of ketones is 1. The van der Waals surface area contributed by atoms with Gasteiger partial charge in [0.25, 0.3) is 0 Å². The highest BCUT2D eigenvalue weighted by atomic mass is 79.9. The second-order valence-corrected chi connectivity index (χ2v) is 6.47. The predicted octanol–water partition coefficient (Wildman–Crippen LogP) is 2.80. The smallest absolute Gasteiger partial charge is 0.326 e. The van der Waals surface area contributed by atoms with Gasteiger partial charge in [0.05, 0.1) is 0 Å². The van der Waals surface area contributed by atoms with E-state index in [4.69, 9.17) is 4.74 Å². The van der Waals surface area contributed by atoms with Crippen molar-refractivity contribution in [2.75, 3.05) is 0 Å². The average Bonchev–Trinajstić information content (AvgIpc) is 2.79. The lowest BCUT2D eigenvalue weighted by molar-refractivity contribution is -0.147. The van der Waals surface area contributed by atoms with E-state index in [1.807, 2.05) is 0 Å². The summed E-state index contributed by atoms with van der Waals surface area (Å²) in [7, 11) is 0. The SMILES string of the molecule is Cc1csc(=O)n1CC(=O)O[C@H](C)C(=O)c1ccc(Br)cc1. The fourth-order valence-corrected chi connectivity index (χ4v) is 2.86. The van der Waals surface area contributed by atoms with E-state index in [0.717, 1.165) is 15.8 Å². The molecular weight excluding hydrogens is 370 g/mol. The first-order chi connectivity index (χ1) is 10.4. The van der Waals surface area contributed by atoms with Crippen LogP contribution in [0.2, 0.25) is 0 Å². The summed E-state index contributed by atoms with van der Waals surface area (Å²) in [5.74, 6) is -0.892. The van der Waals surface area contributed by atoms with E-state index in [9.17, 15) is 14.4 Å². The van der Waals surface area contributed by atoms with E-state index >= 15 is 0 Å². The minimum Gasteiger partial charge on any atom is -0.453 e. The first-order valence-electron chi connectivity index (χ1n) is 6.52. The maximum Gasteiger partial charge on any atom is 0.326 e. The van der Waals surface area contributed by atoms with Crippen molar-refractivity contribution >= 4 is 39.0 Å². The molecule has 0 saturated carbocycles. The van der Waals surface area contributed by atoms with Gasteiger partial charge in [0.15, 0.2) is 6.10 Å². The number of thiazole rings is 1. The Labute approximate surface area is 139 Å². The van der Waals surface area contributed by atoms with Crippen LogP contribution in [0, 0.1) is 6.92 Å². The van der Waals surface area contributed by atoms with Crippen LogP contribution in [0.15, 0.2) is 38.9 Å². The minimum absolute atomic E-state index is 0.188. The van der Waals surface area contributed by atoms with Crippen LogP contribution in [0.1, 0.15) is 23.0 Å². The summed E-state index contributed by atoms with van der Waals surface area (Å²) in [6.45, 7) is 3.07. The van der Waals surface area contributed by atoms with Crippen LogP contribution >= 0.6 is 27.3 Å². The highest BCUT2D eigenvalue weighted by molar-refractivity contribution is 9.10. The summed E-state index contributed by atoms with van der Waals surface area (Å²) in [6, 6.07) is 6.81. The lowest BCUT2D eigenvalue weighted by Crippen LogP contribution is -2.29. The van der Waals surface area contributed by atoms with Crippen LogP contribution in [-0.2, 0) is 16.1 Å². The largest absolute Gasteiger partial charge is 0.453 e. The van der Waals surface area contributed by atoms with Crippen LogP contribution in [-0.4, -0.2) is 22.4 Å². The lowest BCUT2D eigenvalue weighted by Gasteiger charge is -2.13. The number of esters is 1. The van der Waals surface area contributed by atoms with Crippen molar-refractivity contribution in [1.29, 1.82) is 0 Å². The number of ether oxygens (including phenoxy) is 1. The number of benzene rings is 1. The average molecular weight is 384 g/mol. The van der Waals surface area contributed by atoms with E-state index in [2.05, 4.69) is 15.9 Å². The monoisotopic (exact) mass is 383 g/mol. The minimum atomic E-state index is -0.900. The number of halogens is 1. The molecule has 5 nitrogen and oxygen atoms in total. The Morgan fingerprint density at radius 1 is 1.32 bits per heavy atom. The number of carbonyl (C=O) groups excluding carboxylic acids is 2. The third-order valence-corrected chi connectivity index (χ3v) is 4.48. The first-order valence-corrected chi connectivity index (χ1v) is 8.20. The molecule has 22 heavy (non-hydrogen) atoms. The molecule has 116 valence electrons. The summed E-state index contributed by atoms with van der Waals surface area (Å²) in [5, 5.41) is 1.67. The zero-order valence-corrected chi connectivity index (χ0v) is 14.4. The topological polar surface area (TPSA) is 65.4 Å². The molecule has 0 radical (unpaired) electrons. The molecule has 0 spiro atoms.